The van der Waals surface area contributed by atoms with E-state index < -0.39 is 5.60 Å². The monoisotopic (exact) mass is 405 g/mol. The van der Waals surface area contributed by atoms with Crippen molar-refractivity contribution in [1.29, 1.82) is 5.26 Å². The predicted octanol–water partition coefficient (Wildman–Crippen LogP) is 3.08. The van der Waals surface area contributed by atoms with Crippen LogP contribution in [0.5, 0.6) is 11.5 Å². The van der Waals surface area contributed by atoms with Crippen molar-refractivity contribution in [2.24, 2.45) is 0 Å². The van der Waals surface area contributed by atoms with Gasteiger partial charge in [-0.05, 0) is 26.8 Å². The van der Waals surface area contributed by atoms with Crippen LogP contribution in [0.3, 0.4) is 0 Å². The summed E-state index contributed by atoms with van der Waals surface area (Å²) in [6.45, 7) is 6.12. The zero-order valence-corrected chi connectivity index (χ0v) is 17.4. The average molecular weight is 405 g/mol. The Balaban J connectivity index is 1.73. The van der Waals surface area contributed by atoms with Gasteiger partial charge in [-0.3, -0.25) is 4.79 Å². The number of nitrogens with zero attached hydrogens (tertiary/aromatic N) is 3. The van der Waals surface area contributed by atoms with Gasteiger partial charge >= 0.3 is 0 Å². The standard InChI is InChI=1S/C22H23N5O3/c1-5-24-20-19-12(11-23)6-7-14(19)25-18(27-20)9-13-8-17-15(10-16(13)29-4)26-21(28)22(2,3)30-17/h6,8,10H,5,7,9H2,1-4H3,(H,26,28)(H,24,25,27). The number of rotatable bonds is 5. The number of carbonyl (C=O) groups excluding carboxylic acids is 1. The summed E-state index contributed by atoms with van der Waals surface area (Å²) < 4.78 is 11.5. The molecule has 2 N–H and O–H groups in total. The Labute approximate surface area is 174 Å². The second kappa shape index (κ2) is 7.34. The minimum atomic E-state index is -0.958. The molecule has 0 saturated heterocycles. The Bertz CT molecular complexity index is 1110. The number of hydrogen-bond donors (Lipinski definition) is 2. The Kier molecular flexibility index (Phi) is 4.82. The summed E-state index contributed by atoms with van der Waals surface area (Å²) in [5.41, 5.74) is 2.69. The van der Waals surface area contributed by atoms with Crippen molar-refractivity contribution in [2.45, 2.75) is 39.2 Å². The maximum Gasteiger partial charge on any atom is 0.268 e. The molecule has 30 heavy (non-hydrogen) atoms. The number of aromatic nitrogens is 2. The summed E-state index contributed by atoms with van der Waals surface area (Å²) in [5, 5.41) is 15.5. The van der Waals surface area contributed by atoms with Crippen molar-refractivity contribution in [3.05, 3.63) is 40.9 Å². The number of ether oxygens (including phenoxy) is 2. The second-order valence-corrected chi connectivity index (χ2v) is 7.68. The first-order valence-corrected chi connectivity index (χ1v) is 9.82. The predicted molar refractivity (Wildman–Crippen MR) is 113 cm³/mol. The van der Waals surface area contributed by atoms with Crippen LogP contribution in [-0.2, 0) is 17.6 Å². The molecule has 1 amide bonds. The van der Waals surface area contributed by atoms with E-state index in [2.05, 4.69) is 21.7 Å². The Morgan fingerprint density at radius 1 is 1.37 bits per heavy atom. The number of nitriles is 1. The highest BCUT2D eigenvalue weighted by atomic mass is 16.5. The van der Waals surface area contributed by atoms with Crippen LogP contribution in [-0.4, -0.2) is 35.1 Å². The minimum Gasteiger partial charge on any atom is -0.496 e. The van der Waals surface area contributed by atoms with Gasteiger partial charge in [-0.2, -0.15) is 5.26 Å². The number of allylic oxidation sites excluding steroid dienone is 2. The van der Waals surface area contributed by atoms with Gasteiger partial charge in [0.1, 0.15) is 23.1 Å². The van der Waals surface area contributed by atoms with Crippen molar-refractivity contribution in [3.63, 3.8) is 0 Å². The van der Waals surface area contributed by atoms with Crippen molar-refractivity contribution in [1.82, 2.24) is 9.97 Å². The molecular weight excluding hydrogens is 382 g/mol. The molecule has 1 aliphatic carbocycles. The Hall–Kier alpha value is -3.60. The van der Waals surface area contributed by atoms with Gasteiger partial charge in [0.25, 0.3) is 5.91 Å². The van der Waals surface area contributed by atoms with E-state index in [1.165, 1.54) is 0 Å². The molecule has 0 saturated carbocycles. The highest BCUT2D eigenvalue weighted by Crippen LogP contribution is 2.39. The zero-order chi connectivity index (χ0) is 21.5. The molecule has 4 rings (SSSR count). The number of hydrogen-bond acceptors (Lipinski definition) is 7. The van der Waals surface area contributed by atoms with Crippen LogP contribution in [0.2, 0.25) is 0 Å². The smallest absolute Gasteiger partial charge is 0.268 e. The van der Waals surface area contributed by atoms with E-state index in [0.717, 1.165) is 16.8 Å². The number of amides is 1. The van der Waals surface area contributed by atoms with E-state index in [0.29, 0.717) is 53.8 Å². The molecule has 1 aliphatic heterocycles. The van der Waals surface area contributed by atoms with E-state index >= 15 is 0 Å². The van der Waals surface area contributed by atoms with Crippen LogP contribution in [0.25, 0.3) is 5.57 Å². The lowest BCUT2D eigenvalue weighted by Gasteiger charge is -2.32. The van der Waals surface area contributed by atoms with Gasteiger partial charge in [0.05, 0.1) is 35.7 Å². The molecule has 1 aromatic heterocycles. The number of benzene rings is 1. The SMILES string of the molecule is CCNc1nc(Cc2cc3c(cc2OC)NC(=O)C(C)(C)O3)nc2c1C(C#N)=CC2. The van der Waals surface area contributed by atoms with Gasteiger partial charge in [0.15, 0.2) is 5.60 Å². The van der Waals surface area contributed by atoms with Crippen LogP contribution < -0.4 is 20.1 Å². The van der Waals surface area contributed by atoms with Crippen LogP contribution in [0.1, 0.15) is 43.4 Å². The van der Waals surface area contributed by atoms with Gasteiger partial charge in [-0.25, -0.2) is 9.97 Å². The maximum absolute atomic E-state index is 12.2. The summed E-state index contributed by atoms with van der Waals surface area (Å²) in [7, 11) is 1.58. The number of carbonyl (C=O) groups is 1. The summed E-state index contributed by atoms with van der Waals surface area (Å²) in [6.07, 6.45) is 2.90. The number of fused-ring (bicyclic) bond motifs is 2. The van der Waals surface area contributed by atoms with Crippen molar-refractivity contribution >= 4 is 23.0 Å². The van der Waals surface area contributed by atoms with E-state index in [4.69, 9.17) is 14.5 Å². The van der Waals surface area contributed by atoms with Crippen molar-refractivity contribution in [3.8, 4) is 17.6 Å². The molecule has 0 radical (unpaired) electrons. The van der Waals surface area contributed by atoms with Crippen LogP contribution in [0.15, 0.2) is 18.2 Å². The van der Waals surface area contributed by atoms with Crippen LogP contribution >= 0.6 is 0 Å². The normalized spacial score (nSPS) is 15.8. The molecule has 2 aromatic rings. The summed E-state index contributed by atoms with van der Waals surface area (Å²) >= 11 is 0. The first kappa shape index (κ1) is 19.7. The molecule has 0 spiro atoms. The summed E-state index contributed by atoms with van der Waals surface area (Å²) in [6, 6.07) is 5.84. The third-order valence-electron chi connectivity index (χ3n) is 5.16. The first-order valence-electron chi connectivity index (χ1n) is 9.82. The van der Waals surface area contributed by atoms with Gasteiger partial charge in [-0.15, -0.1) is 0 Å². The van der Waals surface area contributed by atoms with E-state index in [-0.39, 0.29) is 5.91 Å². The maximum atomic E-state index is 12.2. The Morgan fingerprint density at radius 3 is 2.87 bits per heavy atom. The van der Waals surface area contributed by atoms with Gasteiger partial charge in [-0.1, -0.05) is 6.08 Å². The largest absolute Gasteiger partial charge is 0.496 e. The lowest BCUT2D eigenvalue weighted by molar-refractivity contribution is -0.129. The molecule has 8 heteroatoms. The van der Waals surface area contributed by atoms with Crippen LogP contribution in [0.4, 0.5) is 11.5 Å². The molecule has 154 valence electrons. The molecule has 0 fully saturated rings. The van der Waals surface area contributed by atoms with Gasteiger partial charge in [0.2, 0.25) is 0 Å². The molecule has 0 bridgehead atoms. The van der Waals surface area contributed by atoms with Gasteiger partial charge < -0.3 is 20.1 Å². The summed E-state index contributed by atoms with van der Waals surface area (Å²) in [5.74, 6) is 2.28. The average Bonchev–Trinajstić information content (AvgIpc) is 3.12. The molecule has 0 atom stereocenters. The topological polar surface area (TPSA) is 109 Å². The quantitative estimate of drug-likeness (QED) is 0.787. The third-order valence-corrected chi connectivity index (χ3v) is 5.16. The lowest BCUT2D eigenvalue weighted by atomic mass is 10.0. The van der Waals surface area contributed by atoms with E-state index in [1.54, 1.807) is 27.0 Å². The van der Waals surface area contributed by atoms with E-state index in [1.807, 2.05) is 19.1 Å². The molecule has 1 aromatic carbocycles. The lowest BCUT2D eigenvalue weighted by Crippen LogP contribution is -2.45. The van der Waals surface area contributed by atoms with Crippen molar-refractivity contribution < 1.29 is 14.3 Å². The zero-order valence-electron chi connectivity index (χ0n) is 17.4. The molecule has 2 aliphatic rings. The second-order valence-electron chi connectivity index (χ2n) is 7.68. The first-order chi connectivity index (χ1) is 14.4. The number of anilines is 2. The Morgan fingerprint density at radius 2 is 2.17 bits per heavy atom. The molecular formula is C22H23N5O3. The number of methoxy groups -OCH3 is 1. The fourth-order valence-corrected chi connectivity index (χ4v) is 3.64. The highest BCUT2D eigenvalue weighted by molar-refractivity contribution is 6.00. The van der Waals surface area contributed by atoms with E-state index in [9.17, 15) is 10.1 Å². The molecule has 2 heterocycles. The van der Waals surface area contributed by atoms with Gasteiger partial charge in [0, 0.05) is 31.0 Å². The number of nitrogens with one attached hydrogen (secondary N) is 2. The fraction of sp³-hybridized carbons (Fsp3) is 0.364. The molecule has 0 unspecified atom stereocenters. The van der Waals surface area contributed by atoms with Crippen molar-refractivity contribution in [2.75, 3.05) is 24.3 Å². The third kappa shape index (κ3) is 3.32. The summed E-state index contributed by atoms with van der Waals surface area (Å²) in [4.78, 5) is 21.6. The highest BCUT2D eigenvalue weighted by Gasteiger charge is 2.36. The fourth-order valence-electron chi connectivity index (χ4n) is 3.64. The minimum absolute atomic E-state index is 0.206. The molecule has 8 nitrogen and oxygen atoms in total. The van der Waals surface area contributed by atoms with Crippen LogP contribution in [0, 0.1) is 11.3 Å².